The van der Waals surface area contributed by atoms with Crippen LogP contribution in [0, 0.1) is 0 Å². The Hall–Kier alpha value is -2.65. The lowest BCUT2D eigenvalue weighted by Crippen LogP contribution is -2.10. The van der Waals surface area contributed by atoms with E-state index in [1.54, 1.807) is 18.3 Å². The van der Waals surface area contributed by atoms with E-state index < -0.39 is 12.6 Å². The summed E-state index contributed by atoms with van der Waals surface area (Å²) in [4.78, 5) is 15.1. The van der Waals surface area contributed by atoms with Crippen LogP contribution in [-0.4, -0.2) is 36.0 Å². The van der Waals surface area contributed by atoms with E-state index in [-0.39, 0.29) is 0 Å². The minimum Gasteiger partial charge on any atom is -0.493 e. The number of ether oxygens (including phenoxy) is 2. The molecule has 3 aromatic rings. The molecule has 9 heteroatoms. The lowest BCUT2D eigenvalue weighted by molar-refractivity contribution is -0.139. The Morgan fingerprint density at radius 3 is 2.96 bits per heavy atom. The maximum absolute atomic E-state index is 10.7. The van der Waals surface area contributed by atoms with Crippen LogP contribution in [0.3, 0.4) is 0 Å². The molecule has 0 amide bonds. The summed E-state index contributed by atoms with van der Waals surface area (Å²) in [6.07, 6.45) is 1.61. The van der Waals surface area contributed by atoms with E-state index in [0.717, 1.165) is 15.8 Å². The normalized spacial score (nSPS) is 11.0. The fourth-order valence-corrected chi connectivity index (χ4v) is 3.56. The Balaban J connectivity index is 1.75. The molecule has 0 fully saturated rings. The fourth-order valence-electron chi connectivity index (χ4n) is 2.17. The number of carboxylic acids is 1. The molecule has 0 saturated carbocycles. The van der Waals surface area contributed by atoms with Crippen LogP contribution in [0.1, 0.15) is 5.56 Å². The maximum Gasteiger partial charge on any atom is 0.341 e. The SMILES string of the molecule is COc1cc(C=NNc2nc3ccccc3s2)cc(Br)c1OCC(=O)O. The van der Waals surface area contributed by atoms with E-state index in [1.165, 1.54) is 18.4 Å². The molecule has 2 N–H and O–H groups in total. The van der Waals surface area contributed by atoms with Gasteiger partial charge in [-0.1, -0.05) is 23.5 Å². The zero-order chi connectivity index (χ0) is 18.5. The quantitative estimate of drug-likeness (QED) is 0.430. The molecule has 0 aliphatic carbocycles. The number of hydrogen-bond donors (Lipinski definition) is 2. The van der Waals surface area contributed by atoms with Gasteiger partial charge in [0.1, 0.15) is 0 Å². The summed E-state index contributed by atoms with van der Waals surface area (Å²) in [6.45, 7) is -0.457. The smallest absolute Gasteiger partial charge is 0.341 e. The number of carboxylic acid groups (broad SMARTS) is 1. The van der Waals surface area contributed by atoms with Crippen LogP contribution in [0.4, 0.5) is 5.13 Å². The van der Waals surface area contributed by atoms with Crippen LogP contribution in [-0.2, 0) is 4.79 Å². The largest absolute Gasteiger partial charge is 0.493 e. The third kappa shape index (κ3) is 4.30. The van der Waals surface area contributed by atoms with Gasteiger partial charge in [0, 0.05) is 0 Å². The number of para-hydroxylation sites is 1. The first-order chi connectivity index (χ1) is 12.6. The standard InChI is InChI=1S/C17H14BrN3O4S/c1-24-13-7-10(6-11(18)16(13)25-9-15(22)23)8-19-21-17-20-12-4-2-3-5-14(12)26-17/h2-8H,9H2,1H3,(H,20,21)(H,22,23). The molecular weight excluding hydrogens is 422 g/mol. The monoisotopic (exact) mass is 435 g/mol. The fraction of sp³-hybridized carbons (Fsp3) is 0.118. The zero-order valence-electron chi connectivity index (χ0n) is 13.6. The van der Waals surface area contributed by atoms with Crippen LogP contribution >= 0.6 is 27.3 Å². The number of anilines is 1. The number of fused-ring (bicyclic) bond motifs is 1. The lowest BCUT2D eigenvalue weighted by atomic mass is 10.2. The number of nitrogens with one attached hydrogen (secondary N) is 1. The maximum atomic E-state index is 10.7. The van der Waals surface area contributed by atoms with Gasteiger partial charge in [0.25, 0.3) is 0 Å². The molecule has 0 bridgehead atoms. The summed E-state index contributed by atoms with van der Waals surface area (Å²) in [7, 11) is 1.48. The second-order valence-corrected chi connectivity index (χ2v) is 6.96. The van der Waals surface area contributed by atoms with Gasteiger partial charge in [-0.3, -0.25) is 5.43 Å². The number of methoxy groups -OCH3 is 1. The molecule has 0 aliphatic rings. The first-order valence-electron chi connectivity index (χ1n) is 7.43. The number of carbonyl (C=O) groups is 1. The molecule has 0 spiro atoms. The number of rotatable bonds is 7. The van der Waals surface area contributed by atoms with Gasteiger partial charge in [-0.05, 0) is 45.8 Å². The highest BCUT2D eigenvalue weighted by atomic mass is 79.9. The zero-order valence-corrected chi connectivity index (χ0v) is 16.0. The number of thiazole rings is 1. The summed E-state index contributed by atoms with van der Waals surface area (Å²) in [5, 5.41) is 13.6. The number of halogens is 1. The number of hydrazone groups is 1. The van der Waals surface area contributed by atoms with Crippen LogP contribution in [0.2, 0.25) is 0 Å². The second-order valence-electron chi connectivity index (χ2n) is 5.07. The molecule has 0 aliphatic heterocycles. The Morgan fingerprint density at radius 2 is 2.23 bits per heavy atom. The van der Waals surface area contributed by atoms with E-state index in [0.29, 0.717) is 21.1 Å². The van der Waals surface area contributed by atoms with E-state index >= 15 is 0 Å². The Bertz CT molecular complexity index is 941. The van der Waals surface area contributed by atoms with Crippen molar-refractivity contribution in [2.75, 3.05) is 19.1 Å². The summed E-state index contributed by atoms with van der Waals surface area (Å²) in [5.41, 5.74) is 4.56. The molecule has 26 heavy (non-hydrogen) atoms. The van der Waals surface area contributed by atoms with Gasteiger partial charge in [-0.15, -0.1) is 0 Å². The van der Waals surface area contributed by atoms with Gasteiger partial charge >= 0.3 is 5.97 Å². The van der Waals surface area contributed by atoms with Gasteiger partial charge < -0.3 is 14.6 Å². The van der Waals surface area contributed by atoms with Crippen molar-refractivity contribution in [2.24, 2.45) is 5.10 Å². The molecule has 0 atom stereocenters. The first-order valence-corrected chi connectivity index (χ1v) is 9.04. The number of benzene rings is 2. The lowest BCUT2D eigenvalue weighted by Gasteiger charge is -2.12. The minimum absolute atomic E-state index is 0.325. The molecule has 3 rings (SSSR count). The van der Waals surface area contributed by atoms with Gasteiger partial charge in [0.15, 0.2) is 18.1 Å². The van der Waals surface area contributed by atoms with Gasteiger partial charge in [0.2, 0.25) is 5.13 Å². The molecule has 1 heterocycles. The summed E-state index contributed by atoms with van der Waals surface area (Å²) in [5.74, 6) is -0.335. The number of nitrogens with zero attached hydrogens (tertiary/aromatic N) is 2. The average molecular weight is 436 g/mol. The molecule has 0 saturated heterocycles. The average Bonchev–Trinajstić information content (AvgIpc) is 3.03. The highest BCUT2D eigenvalue weighted by molar-refractivity contribution is 9.10. The second kappa shape index (κ2) is 8.15. The van der Waals surface area contributed by atoms with Crippen molar-refractivity contribution in [1.82, 2.24) is 4.98 Å². The Labute approximate surface area is 161 Å². The van der Waals surface area contributed by atoms with Crippen molar-refractivity contribution in [2.45, 2.75) is 0 Å². The Kier molecular flexibility index (Phi) is 5.69. The van der Waals surface area contributed by atoms with Crippen molar-refractivity contribution in [1.29, 1.82) is 0 Å². The van der Waals surface area contributed by atoms with E-state index in [4.69, 9.17) is 14.6 Å². The minimum atomic E-state index is -1.07. The topological polar surface area (TPSA) is 93.0 Å². The van der Waals surface area contributed by atoms with Crippen LogP contribution in [0.5, 0.6) is 11.5 Å². The van der Waals surface area contributed by atoms with E-state index in [1.807, 2.05) is 24.3 Å². The van der Waals surface area contributed by atoms with E-state index in [9.17, 15) is 4.79 Å². The predicted molar refractivity (Wildman–Crippen MR) is 105 cm³/mol. The third-order valence-electron chi connectivity index (χ3n) is 3.26. The van der Waals surface area contributed by atoms with Crippen molar-refractivity contribution in [3.63, 3.8) is 0 Å². The summed E-state index contributed by atoms with van der Waals surface area (Å²) >= 11 is 4.87. The molecule has 2 aromatic carbocycles. The Morgan fingerprint density at radius 1 is 1.42 bits per heavy atom. The van der Waals surface area contributed by atoms with Crippen LogP contribution < -0.4 is 14.9 Å². The molecule has 0 unspecified atom stereocenters. The van der Waals surface area contributed by atoms with Crippen molar-refractivity contribution >= 4 is 54.8 Å². The molecule has 134 valence electrons. The van der Waals surface area contributed by atoms with Crippen molar-refractivity contribution in [3.05, 3.63) is 46.4 Å². The highest BCUT2D eigenvalue weighted by Gasteiger charge is 2.12. The van der Waals surface area contributed by atoms with Crippen LogP contribution in [0.25, 0.3) is 10.2 Å². The molecule has 0 radical (unpaired) electrons. The predicted octanol–water partition coefficient (Wildman–Crippen LogP) is 3.98. The van der Waals surface area contributed by atoms with Gasteiger partial charge in [-0.2, -0.15) is 5.10 Å². The number of aromatic nitrogens is 1. The molecule has 1 aromatic heterocycles. The third-order valence-corrected chi connectivity index (χ3v) is 4.79. The highest BCUT2D eigenvalue weighted by Crippen LogP contribution is 2.36. The summed E-state index contributed by atoms with van der Waals surface area (Å²) in [6, 6.07) is 11.3. The van der Waals surface area contributed by atoms with Crippen molar-refractivity contribution in [3.8, 4) is 11.5 Å². The van der Waals surface area contributed by atoms with Gasteiger partial charge in [-0.25, -0.2) is 9.78 Å². The van der Waals surface area contributed by atoms with E-state index in [2.05, 4.69) is 31.4 Å². The number of hydrogen-bond acceptors (Lipinski definition) is 7. The summed E-state index contributed by atoms with van der Waals surface area (Å²) < 4.78 is 12.2. The van der Waals surface area contributed by atoms with Crippen molar-refractivity contribution < 1.29 is 19.4 Å². The number of aliphatic carboxylic acids is 1. The molecule has 7 nitrogen and oxygen atoms in total. The molecular formula is C17H14BrN3O4S. The van der Waals surface area contributed by atoms with Gasteiger partial charge in [0.05, 0.1) is 28.0 Å². The van der Waals surface area contributed by atoms with Crippen LogP contribution in [0.15, 0.2) is 46.0 Å². The first kappa shape index (κ1) is 18.2.